The van der Waals surface area contributed by atoms with E-state index in [1.165, 1.54) is 0 Å². The molecule has 0 aromatic heterocycles. The fourth-order valence-electron chi connectivity index (χ4n) is 1.15. The van der Waals surface area contributed by atoms with Gasteiger partial charge in [-0.1, -0.05) is 0 Å². The fourth-order valence-corrected chi connectivity index (χ4v) is 11.1. The van der Waals surface area contributed by atoms with Crippen molar-refractivity contribution in [3.8, 4) is 0 Å². The van der Waals surface area contributed by atoms with Crippen LogP contribution in [0.2, 0.25) is 0 Å². The van der Waals surface area contributed by atoms with Crippen LogP contribution in [0.5, 0.6) is 0 Å². The van der Waals surface area contributed by atoms with Crippen LogP contribution in [-0.4, -0.2) is 64.7 Å². The van der Waals surface area contributed by atoms with Gasteiger partial charge in [-0.05, 0) is 0 Å². The first kappa shape index (κ1) is 22.0. The van der Waals surface area contributed by atoms with E-state index in [0.717, 1.165) is 0 Å². The minimum atomic E-state index is -3.49. The van der Waals surface area contributed by atoms with Gasteiger partial charge in [0.2, 0.25) is 0 Å². The topological polar surface area (TPSA) is 36.9 Å². The molecular formula is C8H16Cl6O4Si2. The highest BCUT2D eigenvalue weighted by Gasteiger charge is 2.66. The Morgan fingerprint density at radius 3 is 1.15 bits per heavy atom. The van der Waals surface area contributed by atoms with Gasteiger partial charge in [0.05, 0.1) is 19.8 Å². The average molecular weight is 445 g/mol. The van der Waals surface area contributed by atoms with Gasteiger partial charge in [-0.2, -0.15) is 0 Å². The highest BCUT2D eigenvalue weighted by atomic mass is 35.7. The molecule has 0 fully saturated rings. The van der Waals surface area contributed by atoms with Gasteiger partial charge in [-0.15, -0.1) is 68.6 Å². The normalized spacial score (nSPS) is 12.9. The molecule has 0 N–H and O–H groups in total. The summed E-state index contributed by atoms with van der Waals surface area (Å²) in [6.45, 7) is -2.81. The van der Waals surface area contributed by atoms with Gasteiger partial charge in [0.25, 0.3) is 0 Å². The van der Waals surface area contributed by atoms with E-state index >= 15 is 0 Å². The Morgan fingerprint density at radius 2 is 0.850 bits per heavy atom. The Balaban J connectivity index is 5.08. The first-order chi connectivity index (χ1) is 9.49. The standard InChI is InChI=1S/C8H16Cl6O4Si2/c9-1-5-15-19(13,14)20(16-6-2-10,17-7-3-11)18-8-4-12/h1-8H2. The minimum Gasteiger partial charge on any atom is -0.388 e. The number of rotatable bonds is 13. The second kappa shape index (κ2) is 12.4. The van der Waals surface area contributed by atoms with Crippen molar-refractivity contribution in [1.29, 1.82) is 0 Å². The predicted molar refractivity (Wildman–Crippen MR) is 89.9 cm³/mol. The zero-order valence-electron chi connectivity index (χ0n) is 10.6. The van der Waals surface area contributed by atoms with Crippen LogP contribution in [0.15, 0.2) is 0 Å². The molecule has 0 aliphatic heterocycles. The zero-order chi connectivity index (χ0) is 15.5. The van der Waals surface area contributed by atoms with Crippen LogP contribution < -0.4 is 0 Å². The highest BCUT2D eigenvalue weighted by Crippen LogP contribution is 2.32. The van der Waals surface area contributed by atoms with E-state index in [9.17, 15) is 0 Å². The summed E-state index contributed by atoms with van der Waals surface area (Å²) in [4.78, 5) is 0. The Morgan fingerprint density at radius 1 is 0.550 bits per heavy atom. The molecule has 0 atom stereocenters. The number of halogens is 6. The second-order valence-electron chi connectivity index (χ2n) is 3.22. The fraction of sp³-hybridized carbons (Fsp3) is 1.00. The second-order valence-corrected chi connectivity index (χ2v) is 17.7. The molecule has 0 aromatic carbocycles. The molecule has 12 heteroatoms. The third-order valence-corrected chi connectivity index (χ3v) is 14.2. The van der Waals surface area contributed by atoms with E-state index in [0.29, 0.717) is 0 Å². The Kier molecular flexibility index (Phi) is 13.7. The molecular weight excluding hydrogens is 429 g/mol. The van der Waals surface area contributed by atoms with E-state index in [-0.39, 0.29) is 49.9 Å². The maximum absolute atomic E-state index is 6.33. The van der Waals surface area contributed by atoms with Crippen molar-refractivity contribution < 1.29 is 17.7 Å². The molecule has 0 bridgehead atoms. The zero-order valence-corrected chi connectivity index (χ0v) is 17.1. The van der Waals surface area contributed by atoms with Crippen molar-refractivity contribution in [3.05, 3.63) is 0 Å². The number of hydrogen-bond acceptors (Lipinski definition) is 4. The summed E-state index contributed by atoms with van der Waals surface area (Å²) in [5, 5.41) is 0. The molecule has 0 rings (SSSR count). The molecule has 0 amide bonds. The summed E-state index contributed by atoms with van der Waals surface area (Å²) in [6.07, 6.45) is 0. The van der Waals surface area contributed by atoms with Gasteiger partial charge in [0, 0.05) is 30.1 Å². The van der Waals surface area contributed by atoms with Crippen molar-refractivity contribution in [1.82, 2.24) is 0 Å². The Bertz CT molecular complexity index is 229. The molecule has 4 nitrogen and oxygen atoms in total. The molecule has 0 heterocycles. The minimum absolute atomic E-state index is 0.161. The van der Waals surface area contributed by atoms with Crippen LogP contribution in [-0.2, 0) is 17.7 Å². The smallest absolute Gasteiger partial charge is 0.388 e. The van der Waals surface area contributed by atoms with Gasteiger partial charge < -0.3 is 17.7 Å². The van der Waals surface area contributed by atoms with Crippen molar-refractivity contribution in [2.45, 2.75) is 0 Å². The monoisotopic (exact) mass is 442 g/mol. The average Bonchev–Trinajstić information content (AvgIpc) is 2.44. The molecule has 0 saturated carbocycles. The Hall–Kier alpha value is 2.01. The third kappa shape index (κ3) is 7.52. The molecule has 0 radical (unpaired) electrons. The van der Waals surface area contributed by atoms with E-state index in [2.05, 4.69) is 0 Å². The summed E-state index contributed by atoms with van der Waals surface area (Å²) < 4.78 is 22.3. The van der Waals surface area contributed by atoms with Crippen molar-refractivity contribution in [3.63, 3.8) is 0 Å². The SMILES string of the molecule is ClCCO[Si](Cl)(Cl)[Si](OCCCl)(OCCCl)OCCCl. The summed E-state index contributed by atoms with van der Waals surface area (Å²) in [7, 11) is -3.49. The van der Waals surface area contributed by atoms with Gasteiger partial charge in [0.1, 0.15) is 0 Å². The maximum Gasteiger partial charge on any atom is 0.543 e. The molecule has 122 valence electrons. The molecule has 0 aliphatic rings. The van der Waals surface area contributed by atoms with E-state index in [1.807, 2.05) is 0 Å². The number of alkyl halides is 4. The maximum atomic E-state index is 6.33. The summed E-state index contributed by atoms with van der Waals surface area (Å²) in [6, 6.07) is 0. The van der Waals surface area contributed by atoms with Crippen LogP contribution >= 0.6 is 68.6 Å². The molecule has 0 aliphatic carbocycles. The lowest BCUT2D eigenvalue weighted by atomic mass is 10.9. The molecule has 0 spiro atoms. The molecule has 0 saturated heterocycles. The van der Waals surface area contributed by atoms with Crippen molar-refractivity contribution in [2.24, 2.45) is 0 Å². The van der Waals surface area contributed by atoms with E-state index < -0.39 is 14.8 Å². The Labute approximate surface area is 150 Å². The predicted octanol–water partition coefficient (Wildman–Crippen LogP) is 3.44. The summed E-state index contributed by atoms with van der Waals surface area (Å²) >= 11 is 35.1. The van der Waals surface area contributed by atoms with E-state index in [1.54, 1.807) is 0 Å². The van der Waals surface area contributed by atoms with Crippen molar-refractivity contribution in [2.75, 3.05) is 49.9 Å². The van der Waals surface area contributed by atoms with E-state index in [4.69, 9.17) is 86.3 Å². The van der Waals surface area contributed by atoms with Gasteiger partial charge in [-0.3, -0.25) is 0 Å². The lowest BCUT2D eigenvalue weighted by molar-refractivity contribution is 0.0876. The highest BCUT2D eigenvalue weighted by molar-refractivity contribution is 7.69. The molecule has 0 unspecified atom stereocenters. The molecule has 0 aromatic rings. The van der Waals surface area contributed by atoms with Crippen molar-refractivity contribution >= 4 is 83.3 Å². The van der Waals surface area contributed by atoms with Crippen LogP contribution in [0.1, 0.15) is 0 Å². The summed E-state index contributed by atoms with van der Waals surface area (Å²) in [5.41, 5.74) is 0. The van der Waals surface area contributed by atoms with Crippen LogP contribution in [0.25, 0.3) is 0 Å². The largest absolute Gasteiger partial charge is 0.543 e. The molecule has 20 heavy (non-hydrogen) atoms. The van der Waals surface area contributed by atoms with Crippen LogP contribution in [0.4, 0.5) is 0 Å². The first-order valence-corrected chi connectivity index (χ1v) is 14.5. The third-order valence-electron chi connectivity index (χ3n) is 1.82. The van der Waals surface area contributed by atoms with Gasteiger partial charge in [-0.25, -0.2) is 0 Å². The lowest BCUT2D eigenvalue weighted by Crippen LogP contribution is -2.65. The first-order valence-electron chi connectivity index (χ1n) is 5.67. The quantitative estimate of drug-likeness (QED) is 0.248. The van der Waals surface area contributed by atoms with Gasteiger partial charge >= 0.3 is 14.8 Å². The van der Waals surface area contributed by atoms with Crippen LogP contribution in [0, 0.1) is 0 Å². The lowest BCUT2D eigenvalue weighted by Gasteiger charge is -2.35. The summed E-state index contributed by atoms with van der Waals surface area (Å²) in [5.74, 6) is 0.935. The number of hydrogen-bond donors (Lipinski definition) is 0. The van der Waals surface area contributed by atoms with Crippen LogP contribution in [0.3, 0.4) is 0 Å². The van der Waals surface area contributed by atoms with Gasteiger partial charge in [0.15, 0.2) is 0 Å².